The molecule has 0 fully saturated rings. The third-order valence-corrected chi connectivity index (χ3v) is 7.18. The highest BCUT2D eigenvalue weighted by Gasteiger charge is 2.46. The number of hydrogen-bond acceptors (Lipinski definition) is 2. The standard InChI is InChI=1S/C33H43BNO2/c1-31(2,3)26-12-10-24(11-13-26)25-22-35(29-18-14-27(15-19-29)32(4,5)6)34(36-23-25)37-30-20-16-28(17-21-30)33(7,8)9/h10-22,25H,23H2,1-9H3/q+1. The molecule has 1 aliphatic heterocycles. The molecule has 1 heterocycles. The van der Waals surface area contributed by atoms with E-state index >= 15 is 0 Å². The van der Waals surface area contributed by atoms with E-state index in [0.29, 0.717) is 6.61 Å². The zero-order valence-electron chi connectivity index (χ0n) is 24.1. The van der Waals surface area contributed by atoms with Gasteiger partial charge >= 0.3 is 7.25 Å². The fourth-order valence-electron chi connectivity index (χ4n) is 4.57. The third-order valence-electron chi connectivity index (χ3n) is 7.18. The Morgan fingerprint density at radius 1 is 0.649 bits per heavy atom. The van der Waals surface area contributed by atoms with Crippen LogP contribution in [0.1, 0.15) is 90.5 Å². The second-order valence-electron chi connectivity index (χ2n) is 13.4. The number of benzene rings is 3. The Bertz CT molecular complexity index is 1220. The second kappa shape index (κ2) is 10.1. The smallest absolute Gasteiger partial charge is 0.474 e. The highest BCUT2D eigenvalue weighted by Crippen LogP contribution is 2.30. The normalized spacial score (nSPS) is 16.9. The summed E-state index contributed by atoms with van der Waals surface area (Å²) in [6.07, 6.45) is 2.26. The van der Waals surface area contributed by atoms with Crippen LogP contribution in [-0.2, 0) is 20.9 Å². The minimum Gasteiger partial charge on any atom is -0.474 e. The molecule has 0 spiro atoms. The van der Waals surface area contributed by atoms with Gasteiger partial charge in [-0.2, -0.15) is 0 Å². The Kier molecular flexibility index (Phi) is 7.45. The number of hydrogen-bond donors (Lipinski definition) is 0. The van der Waals surface area contributed by atoms with Crippen LogP contribution in [0.5, 0.6) is 5.75 Å². The van der Waals surface area contributed by atoms with E-state index in [0.717, 1.165) is 11.4 Å². The Balaban J connectivity index is 1.66. The third kappa shape index (κ3) is 6.54. The van der Waals surface area contributed by atoms with E-state index in [1.54, 1.807) is 0 Å². The van der Waals surface area contributed by atoms with Crippen LogP contribution < -0.4 is 4.65 Å². The summed E-state index contributed by atoms with van der Waals surface area (Å²) >= 11 is 0. The van der Waals surface area contributed by atoms with Crippen LogP contribution in [0.4, 0.5) is 5.69 Å². The minimum absolute atomic E-state index is 0.0999. The number of rotatable bonds is 4. The van der Waals surface area contributed by atoms with Crippen molar-refractivity contribution in [1.29, 1.82) is 0 Å². The first-order valence-corrected chi connectivity index (χ1v) is 13.4. The summed E-state index contributed by atoms with van der Waals surface area (Å²) in [6, 6.07) is 26.1. The predicted molar refractivity (Wildman–Crippen MR) is 156 cm³/mol. The van der Waals surface area contributed by atoms with E-state index in [9.17, 15) is 0 Å². The van der Waals surface area contributed by atoms with Gasteiger partial charge in [-0.1, -0.05) is 111 Å². The van der Waals surface area contributed by atoms with E-state index in [1.807, 2.05) is 12.1 Å². The lowest BCUT2D eigenvalue weighted by Gasteiger charge is -2.24. The van der Waals surface area contributed by atoms with Crippen LogP contribution in [0.25, 0.3) is 0 Å². The summed E-state index contributed by atoms with van der Waals surface area (Å²) in [7, 11) is -0.536. The van der Waals surface area contributed by atoms with Crippen LogP contribution in [0, 0.1) is 0 Å². The average Bonchev–Trinajstić information content (AvgIpc) is 2.83. The Morgan fingerprint density at radius 3 is 1.54 bits per heavy atom. The first-order chi connectivity index (χ1) is 17.2. The van der Waals surface area contributed by atoms with Gasteiger partial charge in [0, 0.05) is 12.1 Å². The molecule has 3 aromatic rings. The maximum absolute atomic E-state index is 6.41. The molecule has 1 unspecified atom stereocenters. The summed E-state index contributed by atoms with van der Waals surface area (Å²) in [5.41, 5.74) is 6.56. The first kappa shape index (κ1) is 27.2. The molecule has 0 amide bonds. The van der Waals surface area contributed by atoms with Crippen molar-refractivity contribution in [2.24, 2.45) is 0 Å². The van der Waals surface area contributed by atoms with E-state index in [4.69, 9.17) is 9.31 Å². The molecule has 3 aromatic carbocycles. The zero-order valence-corrected chi connectivity index (χ0v) is 24.1. The maximum atomic E-state index is 6.41. The lowest BCUT2D eigenvalue weighted by molar-refractivity contribution is -0.330. The van der Waals surface area contributed by atoms with Gasteiger partial charge in [0.25, 0.3) is 0 Å². The van der Waals surface area contributed by atoms with Crippen LogP contribution in [0.3, 0.4) is 0 Å². The Morgan fingerprint density at radius 2 is 1.08 bits per heavy atom. The minimum atomic E-state index is -0.536. The lowest BCUT2D eigenvalue weighted by Crippen LogP contribution is -2.44. The summed E-state index contributed by atoms with van der Waals surface area (Å²) in [5.74, 6) is 0.940. The molecule has 1 aliphatic rings. The summed E-state index contributed by atoms with van der Waals surface area (Å²) < 4.78 is 14.9. The van der Waals surface area contributed by atoms with E-state index in [1.165, 1.54) is 22.3 Å². The SMILES string of the molecule is CC(C)(C)c1ccc(OB2OCC(c3ccc(C(C)(C)C)cc3)C=[N+]2c2ccc(C(C)(C)C)cc2)cc1. The van der Waals surface area contributed by atoms with Gasteiger partial charge in [0.2, 0.25) is 0 Å². The van der Waals surface area contributed by atoms with Crippen LogP contribution in [-0.4, -0.2) is 24.6 Å². The van der Waals surface area contributed by atoms with Gasteiger partial charge in [-0.05, 0) is 50.6 Å². The molecule has 0 N–H and O–H groups in total. The predicted octanol–water partition coefficient (Wildman–Crippen LogP) is 8.17. The van der Waals surface area contributed by atoms with E-state index < -0.39 is 7.25 Å². The molecule has 4 rings (SSSR count). The van der Waals surface area contributed by atoms with Gasteiger partial charge in [-0.3, -0.25) is 0 Å². The van der Waals surface area contributed by atoms with Gasteiger partial charge < -0.3 is 9.31 Å². The van der Waals surface area contributed by atoms with Crippen molar-refractivity contribution >= 4 is 19.2 Å². The average molecular weight is 497 g/mol. The molecule has 0 aromatic heterocycles. The molecule has 4 heteroatoms. The second-order valence-corrected chi connectivity index (χ2v) is 13.4. The Hall–Kier alpha value is -2.85. The van der Waals surface area contributed by atoms with Crippen LogP contribution in [0.15, 0.2) is 72.8 Å². The fourth-order valence-corrected chi connectivity index (χ4v) is 4.57. The van der Waals surface area contributed by atoms with Crippen molar-refractivity contribution in [3.8, 4) is 5.75 Å². The van der Waals surface area contributed by atoms with Crippen molar-refractivity contribution in [3.63, 3.8) is 0 Å². The van der Waals surface area contributed by atoms with Gasteiger partial charge in [0.05, 0.1) is 12.5 Å². The van der Waals surface area contributed by atoms with Crippen molar-refractivity contribution < 1.29 is 13.8 Å². The molecule has 37 heavy (non-hydrogen) atoms. The monoisotopic (exact) mass is 496 g/mol. The molecular weight excluding hydrogens is 453 g/mol. The van der Waals surface area contributed by atoms with Crippen LogP contribution in [0.2, 0.25) is 0 Å². The highest BCUT2D eigenvalue weighted by atomic mass is 16.6. The summed E-state index contributed by atoms with van der Waals surface area (Å²) in [5, 5.41) is 0. The molecule has 0 radical (unpaired) electrons. The molecule has 3 nitrogen and oxygen atoms in total. The maximum Gasteiger partial charge on any atom is 0.921 e. The highest BCUT2D eigenvalue weighted by molar-refractivity contribution is 6.37. The van der Waals surface area contributed by atoms with Crippen molar-refractivity contribution in [2.45, 2.75) is 84.5 Å². The Labute approximate surface area is 224 Å². The molecule has 0 bridgehead atoms. The summed E-state index contributed by atoms with van der Waals surface area (Å²) in [6.45, 7) is 20.7. The molecule has 0 aliphatic carbocycles. The van der Waals surface area contributed by atoms with Crippen molar-refractivity contribution in [2.75, 3.05) is 6.61 Å². The molecule has 194 valence electrons. The van der Waals surface area contributed by atoms with Gasteiger partial charge in [0.15, 0.2) is 5.69 Å². The topological polar surface area (TPSA) is 21.5 Å². The van der Waals surface area contributed by atoms with Crippen molar-refractivity contribution in [1.82, 2.24) is 0 Å². The van der Waals surface area contributed by atoms with Gasteiger partial charge in [-0.25, -0.2) is 4.49 Å². The summed E-state index contributed by atoms with van der Waals surface area (Å²) in [4.78, 5) is 0. The molecule has 0 saturated heterocycles. The van der Waals surface area contributed by atoms with Gasteiger partial charge in [0.1, 0.15) is 12.0 Å². The zero-order chi connectivity index (χ0) is 27.0. The number of nitrogens with zero attached hydrogens (tertiary/aromatic N) is 1. The van der Waals surface area contributed by atoms with Gasteiger partial charge in [-0.15, -0.1) is 0 Å². The van der Waals surface area contributed by atoms with Crippen molar-refractivity contribution in [3.05, 3.63) is 95.1 Å². The lowest BCUT2D eigenvalue weighted by atomic mass is 9.85. The quantitative estimate of drug-likeness (QED) is 0.340. The largest absolute Gasteiger partial charge is 0.921 e. The van der Waals surface area contributed by atoms with E-state index in [2.05, 4.69) is 134 Å². The molecule has 0 saturated carbocycles. The fraction of sp³-hybridized carbons (Fsp3) is 0.424. The van der Waals surface area contributed by atoms with E-state index in [-0.39, 0.29) is 22.2 Å². The molecular formula is C33H43BNO2+. The first-order valence-electron chi connectivity index (χ1n) is 13.4. The molecule has 1 atom stereocenters. The van der Waals surface area contributed by atoms with Crippen LogP contribution >= 0.6 is 0 Å².